The fourth-order valence-electron chi connectivity index (χ4n) is 3.33. The van der Waals surface area contributed by atoms with E-state index in [9.17, 15) is 9.90 Å². The molecule has 4 heteroatoms. The summed E-state index contributed by atoms with van der Waals surface area (Å²) >= 11 is 0. The first kappa shape index (κ1) is 10.8. The Kier molecular flexibility index (Phi) is 2.47. The molecular formula is C13H16O4. The van der Waals surface area contributed by atoms with E-state index in [0.29, 0.717) is 17.6 Å². The molecule has 0 aromatic carbocycles. The van der Waals surface area contributed by atoms with Crippen molar-refractivity contribution in [3.8, 4) is 0 Å². The molecule has 4 nitrogen and oxygen atoms in total. The molecular weight excluding hydrogens is 220 g/mol. The summed E-state index contributed by atoms with van der Waals surface area (Å²) in [5.74, 6) is 0.751. The highest BCUT2D eigenvalue weighted by Crippen LogP contribution is 2.60. The molecule has 1 aromatic heterocycles. The van der Waals surface area contributed by atoms with Crippen molar-refractivity contribution in [2.24, 2.45) is 17.8 Å². The number of furan rings is 1. The summed E-state index contributed by atoms with van der Waals surface area (Å²) in [5.41, 5.74) is 0. The summed E-state index contributed by atoms with van der Waals surface area (Å²) < 4.78 is 5.16. The minimum absolute atomic E-state index is 0.0947. The van der Waals surface area contributed by atoms with Crippen LogP contribution in [0.4, 0.5) is 0 Å². The summed E-state index contributed by atoms with van der Waals surface area (Å²) in [7, 11) is 0. The van der Waals surface area contributed by atoms with Crippen LogP contribution in [0.2, 0.25) is 0 Å². The summed E-state index contributed by atoms with van der Waals surface area (Å²) in [6.45, 7) is 0. The highest BCUT2D eigenvalue weighted by Gasteiger charge is 2.54. The van der Waals surface area contributed by atoms with Crippen LogP contribution in [0.3, 0.4) is 0 Å². The Hall–Kier alpha value is -1.29. The van der Waals surface area contributed by atoms with Crippen LogP contribution in [0.15, 0.2) is 16.5 Å². The van der Waals surface area contributed by atoms with Crippen molar-refractivity contribution in [2.45, 2.75) is 31.8 Å². The fourth-order valence-corrected chi connectivity index (χ4v) is 3.33. The lowest BCUT2D eigenvalue weighted by atomic mass is 10.0. The minimum atomic E-state index is -1.09. The third kappa shape index (κ3) is 1.76. The number of rotatable bonds is 3. The second-order valence-electron chi connectivity index (χ2n) is 5.14. The van der Waals surface area contributed by atoms with Crippen LogP contribution in [0.25, 0.3) is 0 Å². The summed E-state index contributed by atoms with van der Waals surface area (Å²) in [6.07, 6.45) is 4.26. The number of aliphatic hydroxyl groups excluding tert-OH is 1. The average molecular weight is 236 g/mol. The van der Waals surface area contributed by atoms with Gasteiger partial charge in [-0.15, -0.1) is 0 Å². The average Bonchev–Trinajstić information content (AvgIpc) is 2.83. The quantitative estimate of drug-likeness (QED) is 0.845. The van der Waals surface area contributed by atoms with Gasteiger partial charge in [0.15, 0.2) is 0 Å². The molecule has 3 unspecified atom stereocenters. The van der Waals surface area contributed by atoms with E-state index in [1.807, 2.05) is 0 Å². The number of carbonyl (C=O) groups is 1. The van der Waals surface area contributed by atoms with Crippen LogP contribution in [0.5, 0.6) is 0 Å². The van der Waals surface area contributed by atoms with Crippen LogP contribution in [-0.2, 0) is 0 Å². The maximum atomic E-state index is 10.7. The number of hydrogen-bond acceptors (Lipinski definition) is 3. The SMILES string of the molecule is O=C(O)c1ccc(C(O)C2C3CCCCC32)o1. The largest absolute Gasteiger partial charge is 0.475 e. The monoisotopic (exact) mass is 236 g/mol. The lowest BCUT2D eigenvalue weighted by molar-refractivity contribution is 0.0644. The van der Waals surface area contributed by atoms with E-state index in [1.165, 1.54) is 31.7 Å². The van der Waals surface area contributed by atoms with E-state index in [-0.39, 0.29) is 11.7 Å². The van der Waals surface area contributed by atoms with Crippen LogP contribution in [-0.4, -0.2) is 16.2 Å². The molecule has 0 spiro atoms. The van der Waals surface area contributed by atoms with Crippen LogP contribution < -0.4 is 0 Å². The van der Waals surface area contributed by atoms with E-state index < -0.39 is 12.1 Å². The van der Waals surface area contributed by atoms with E-state index in [1.54, 1.807) is 6.07 Å². The zero-order valence-electron chi connectivity index (χ0n) is 9.50. The Bertz CT molecular complexity index is 424. The topological polar surface area (TPSA) is 70.7 Å². The Labute approximate surface area is 99.2 Å². The van der Waals surface area contributed by atoms with Gasteiger partial charge < -0.3 is 14.6 Å². The number of hydrogen-bond donors (Lipinski definition) is 2. The molecule has 3 atom stereocenters. The smallest absolute Gasteiger partial charge is 0.371 e. The Morgan fingerprint density at radius 2 is 1.94 bits per heavy atom. The van der Waals surface area contributed by atoms with Gasteiger partial charge in [-0.05, 0) is 42.7 Å². The summed E-state index contributed by atoms with van der Waals surface area (Å²) in [4.78, 5) is 10.7. The maximum Gasteiger partial charge on any atom is 0.371 e. The Morgan fingerprint density at radius 3 is 2.47 bits per heavy atom. The molecule has 0 radical (unpaired) electrons. The molecule has 92 valence electrons. The van der Waals surface area contributed by atoms with Gasteiger partial charge in [0.05, 0.1) is 0 Å². The van der Waals surface area contributed by atoms with Gasteiger partial charge in [0.1, 0.15) is 11.9 Å². The normalized spacial score (nSPS) is 32.9. The van der Waals surface area contributed by atoms with E-state index in [0.717, 1.165) is 0 Å². The first-order chi connectivity index (χ1) is 8.18. The van der Waals surface area contributed by atoms with Gasteiger partial charge in [0.25, 0.3) is 0 Å². The first-order valence-corrected chi connectivity index (χ1v) is 6.19. The zero-order chi connectivity index (χ0) is 12.0. The Balaban J connectivity index is 1.73. The van der Waals surface area contributed by atoms with Gasteiger partial charge in [0.2, 0.25) is 5.76 Å². The molecule has 2 saturated carbocycles. The molecule has 3 rings (SSSR count). The zero-order valence-corrected chi connectivity index (χ0v) is 9.50. The Morgan fingerprint density at radius 1 is 1.29 bits per heavy atom. The van der Waals surface area contributed by atoms with Gasteiger partial charge in [0, 0.05) is 0 Å². The molecule has 2 aliphatic rings. The van der Waals surface area contributed by atoms with E-state index >= 15 is 0 Å². The second kappa shape index (κ2) is 3.88. The van der Waals surface area contributed by atoms with Crippen molar-refractivity contribution >= 4 is 5.97 Å². The molecule has 0 amide bonds. The number of carboxylic acids is 1. The number of fused-ring (bicyclic) bond motifs is 1. The van der Waals surface area contributed by atoms with Crippen molar-refractivity contribution < 1.29 is 19.4 Å². The van der Waals surface area contributed by atoms with Crippen molar-refractivity contribution in [1.82, 2.24) is 0 Å². The number of carboxylic acid groups (broad SMARTS) is 1. The summed E-state index contributed by atoms with van der Waals surface area (Å²) in [6, 6.07) is 2.99. The summed E-state index contributed by atoms with van der Waals surface area (Å²) in [5, 5.41) is 19.0. The van der Waals surface area contributed by atoms with Crippen molar-refractivity contribution in [1.29, 1.82) is 0 Å². The fraction of sp³-hybridized carbons (Fsp3) is 0.615. The third-order valence-electron chi connectivity index (χ3n) is 4.22. The molecule has 17 heavy (non-hydrogen) atoms. The minimum Gasteiger partial charge on any atom is -0.475 e. The molecule has 1 heterocycles. The molecule has 0 saturated heterocycles. The molecule has 2 N–H and O–H groups in total. The highest BCUT2D eigenvalue weighted by molar-refractivity contribution is 5.84. The van der Waals surface area contributed by atoms with Gasteiger partial charge in [-0.1, -0.05) is 12.8 Å². The molecule has 1 aromatic rings. The lowest BCUT2D eigenvalue weighted by Crippen LogP contribution is -2.01. The van der Waals surface area contributed by atoms with Gasteiger partial charge in [-0.3, -0.25) is 0 Å². The van der Waals surface area contributed by atoms with E-state index in [4.69, 9.17) is 9.52 Å². The molecule has 2 aliphatic carbocycles. The van der Waals surface area contributed by atoms with Crippen LogP contribution in [0, 0.1) is 17.8 Å². The highest BCUT2D eigenvalue weighted by atomic mass is 16.4. The van der Waals surface area contributed by atoms with Crippen molar-refractivity contribution in [3.63, 3.8) is 0 Å². The lowest BCUT2D eigenvalue weighted by Gasteiger charge is -2.06. The second-order valence-corrected chi connectivity index (χ2v) is 5.14. The third-order valence-corrected chi connectivity index (χ3v) is 4.22. The standard InChI is InChI=1S/C13H16O4/c14-12(9-5-6-10(17-9)13(15)16)11-7-3-1-2-4-8(7)11/h5-8,11-12,14H,1-4H2,(H,15,16). The van der Waals surface area contributed by atoms with Crippen LogP contribution >= 0.6 is 0 Å². The van der Waals surface area contributed by atoms with Crippen LogP contribution in [0.1, 0.15) is 48.1 Å². The van der Waals surface area contributed by atoms with Gasteiger partial charge in [-0.2, -0.15) is 0 Å². The number of aliphatic hydroxyl groups is 1. The molecule has 0 aliphatic heterocycles. The van der Waals surface area contributed by atoms with E-state index in [2.05, 4.69) is 0 Å². The van der Waals surface area contributed by atoms with Gasteiger partial charge in [-0.25, -0.2) is 4.79 Å². The van der Waals surface area contributed by atoms with Crippen molar-refractivity contribution in [2.75, 3.05) is 0 Å². The molecule has 0 bridgehead atoms. The predicted molar refractivity (Wildman–Crippen MR) is 59.6 cm³/mol. The number of aromatic carboxylic acids is 1. The molecule has 2 fully saturated rings. The van der Waals surface area contributed by atoms with Gasteiger partial charge >= 0.3 is 5.97 Å². The maximum absolute atomic E-state index is 10.7. The van der Waals surface area contributed by atoms with Crippen molar-refractivity contribution in [3.05, 3.63) is 23.7 Å². The predicted octanol–water partition coefficient (Wildman–Crippen LogP) is 2.45. The first-order valence-electron chi connectivity index (χ1n) is 6.19.